The number of aryl methyl sites for hydroxylation is 2. The van der Waals surface area contributed by atoms with Crippen LogP contribution in [0.1, 0.15) is 22.3 Å². The summed E-state index contributed by atoms with van der Waals surface area (Å²) >= 11 is 5.43. The number of phenols is 2. The SMILES string of the molecule is Cc1cc(C(=S)c2ccc(O)c(C)c2)ccc1O. The Bertz CT molecular complexity index is 564. The zero-order valence-electron chi connectivity index (χ0n) is 10.3. The van der Waals surface area contributed by atoms with E-state index in [-0.39, 0.29) is 11.5 Å². The van der Waals surface area contributed by atoms with E-state index in [4.69, 9.17) is 12.2 Å². The molecule has 0 radical (unpaired) electrons. The van der Waals surface area contributed by atoms with Gasteiger partial charge in [-0.25, -0.2) is 0 Å². The molecule has 0 aliphatic heterocycles. The molecular weight excluding hydrogens is 244 g/mol. The highest BCUT2D eigenvalue weighted by molar-refractivity contribution is 7.81. The van der Waals surface area contributed by atoms with Crippen molar-refractivity contribution in [1.82, 2.24) is 0 Å². The number of aromatic hydroxyl groups is 2. The first-order chi connectivity index (χ1) is 8.49. The molecule has 2 aromatic rings. The minimum absolute atomic E-state index is 0.267. The largest absolute Gasteiger partial charge is 0.508 e. The van der Waals surface area contributed by atoms with Gasteiger partial charge in [0.05, 0.1) is 4.86 Å². The Morgan fingerprint density at radius 3 is 1.56 bits per heavy atom. The van der Waals surface area contributed by atoms with E-state index in [0.717, 1.165) is 22.3 Å². The van der Waals surface area contributed by atoms with E-state index < -0.39 is 0 Å². The van der Waals surface area contributed by atoms with Gasteiger partial charge in [0.2, 0.25) is 0 Å². The maximum absolute atomic E-state index is 9.50. The van der Waals surface area contributed by atoms with E-state index in [1.807, 2.05) is 26.0 Å². The lowest BCUT2D eigenvalue weighted by atomic mass is 10.0. The number of hydrogen-bond donors (Lipinski definition) is 2. The van der Waals surface area contributed by atoms with Crippen LogP contribution in [0.5, 0.6) is 11.5 Å². The molecule has 0 aromatic heterocycles. The maximum Gasteiger partial charge on any atom is 0.118 e. The fourth-order valence-electron chi connectivity index (χ4n) is 1.76. The summed E-state index contributed by atoms with van der Waals surface area (Å²) in [7, 11) is 0. The highest BCUT2D eigenvalue weighted by Gasteiger charge is 2.08. The Hall–Kier alpha value is -1.87. The molecule has 0 unspecified atom stereocenters. The fourth-order valence-corrected chi connectivity index (χ4v) is 2.01. The summed E-state index contributed by atoms with van der Waals surface area (Å²) in [6.45, 7) is 3.67. The van der Waals surface area contributed by atoms with Gasteiger partial charge in [0.1, 0.15) is 11.5 Å². The molecule has 0 saturated heterocycles. The fraction of sp³-hybridized carbons (Fsp3) is 0.133. The summed E-state index contributed by atoms with van der Waals surface area (Å²) < 4.78 is 0. The second kappa shape index (κ2) is 4.78. The van der Waals surface area contributed by atoms with Crippen LogP contribution in [-0.4, -0.2) is 15.1 Å². The van der Waals surface area contributed by atoms with E-state index in [1.165, 1.54) is 0 Å². The lowest BCUT2D eigenvalue weighted by Gasteiger charge is -2.08. The van der Waals surface area contributed by atoms with Gasteiger partial charge in [0, 0.05) is 0 Å². The summed E-state index contributed by atoms with van der Waals surface area (Å²) in [5.74, 6) is 0.534. The van der Waals surface area contributed by atoms with Crippen molar-refractivity contribution in [2.45, 2.75) is 13.8 Å². The molecule has 0 aliphatic rings. The maximum atomic E-state index is 9.50. The molecule has 0 fully saturated rings. The van der Waals surface area contributed by atoms with Crippen molar-refractivity contribution < 1.29 is 10.2 Å². The van der Waals surface area contributed by atoms with Crippen molar-refractivity contribution in [1.29, 1.82) is 0 Å². The van der Waals surface area contributed by atoms with Gasteiger partial charge in [-0.05, 0) is 72.5 Å². The summed E-state index contributed by atoms with van der Waals surface area (Å²) in [5, 5.41) is 19.0. The van der Waals surface area contributed by atoms with Crippen molar-refractivity contribution in [3.05, 3.63) is 58.7 Å². The smallest absolute Gasteiger partial charge is 0.118 e. The molecule has 0 spiro atoms. The lowest BCUT2D eigenvalue weighted by Crippen LogP contribution is -2.00. The highest BCUT2D eigenvalue weighted by atomic mass is 32.1. The van der Waals surface area contributed by atoms with Crippen LogP contribution in [0.2, 0.25) is 0 Å². The normalized spacial score (nSPS) is 10.3. The average molecular weight is 258 g/mol. The number of phenolic OH excluding ortho intramolecular Hbond substituents is 2. The Kier molecular flexibility index (Phi) is 3.34. The van der Waals surface area contributed by atoms with Gasteiger partial charge < -0.3 is 10.2 Å². The van der Waals surface area contributed by atoms with Crippen LogP contribution in [0.3, 0.4) is 0 Å². The third-order valence-electron chi connectivity index (χ3n) is 2.92. The zero-order chi connectivity index (χ0) is 13.3. The lowest BCUT2D eigenvalue weighted by molar-refractivity contribution is 0.470. The van der Waals surface area contributed by atoms with E-state index in [2.05, 4.69) is 0 Å². The highest BCUT2D eigenvalue weighted by Crippen LogP contribution is 2.22. The first kappa shape index (κ1) is 12.6. The average Bonchev–Trinajstić information content (AvgIpc) is 2.35. The Morgan fingerprint density at radius 1 is 0.833 bits per heavy atom. The molecule has 2 rings (SSSR count). The molecule has 3 heteroatoms. The third-order valence-corrected chi connectivity index (χ3v) is 3.39. The molecule has 0 saturated carbocycles. The third kappa shape index (κ3) is 2.36. The van der Waals surface area contributed by atoms with Crippen molar-refractivity contribution in [2.75, 3.05) is 0 Å². The molecular formula is C15H14O2S. The van der Waals surface area contributed by atoms with E-state index in [1.54, 1.807) is 24.3 Å². The molecule has 0 amide bonds. The van der Waals surface area contributed by atoms with Crippen LogP contribution in [0, 0.1) is 13.8 Å². The number of benzene rings is 2. The van der Waals surface area contributed by atoms with Crippen LogP contribution >= 0.6 is 12.2 Å². The summed E-state index contributed by atoms with van der Waals surface area (Å²) in [4.78, 5) is 0.709. The second-order valence-electron chi connectivity index (χ2n) is 4.33. The van der Waals surface area contributed by atoms with Crippen LogP contribution < -0.4 is 0 Å². The van der Waals surface area contributed by atoms with E-state index in [9.17, 15) is 10.2 Å². The van der Waals surface area contributed by atoms with Crippen molar-refractivity contribution in [3.8, 4) is 11.5 Å². The van der Waals surface area contributed by atoms with Gasteiger partial charge in [-0.2, -0.15) is 0 Å². The first-order valence-corrected chi connectivity index (χ1v) is 6.04. The summed E-state index contributed by atoms with van der Waals surface area (Å²) in [6.07, 6.45) is 0. The van der Waals surface area contributed by atoms with Crippen molar-refractivity contribution in [2.24, 2.45) is 0 Å². The number of rotatable bonds is 2. The van der Waals surface area contributed by atoms with Gasteiger partial charge in [0.15, 0.2) is 0 Å². The predicted molar refractivity (Wildman–Crippen MR) is 76.5 cm³/mol. The standard InChI is InChI=1S/C15H14O2S/c1-9-7-11(3-5-13(9)16)15(18)12-4-6-14(17)10(2)8-12/h3-8,16-17H,1-2H3. The minimum Gasteiger partial charge on any atom is -0.508 e. The van der Waals surface area contributed by atoms with E-state index >= 15 is 0 Å². The number of thiocarbonyl (C=S) groups is 1. The van der Waals surface area contributed by atoms with Crippen LogP contribution in [0.15, 0.2) is 36.4 Å². The molecule has 2 N–H and O–H groups in total. The molecule has 18 heavy (non-hydrogen) atoms. The molecule has 0 bridgehead atoms. The Morgan fingerprint density at radius 2 is 1.22 bits per heavy atom. The number of hydrogen-bond acceptors (Lipinski definition) is 3. The molecule has 0 atom stereocenters. The molecule has 2 aromatic carbocycles. The van der Waals surface area contributed by atoms with Gasteiger partial charge in [-0.15, -0.1) is 0 Å². The van der Waals surface area contributed by atoms with Crippen molar-refractivity contribution >= 4 is 17.1 Å². The molecule has 0 aliphatic carbocycles. The summed E-state index contributed by atoms with van der Waals surface area (Å²) in [5.41, 5.74) is 3.38. The van der Waals surface area contributed by atoms with Crippen LogP contribution in [0.4, 0.5) is 0 Å². The molecule has 2 nitrogen and oxygen atoms in total. The topological polar surface area (TPSA) is 40.5 Å². The second-order valence-corrected chi connectivity index (χ2v) is 4.74. The monoisotopic (exact) mass is 258 g/mol. The Balaban J connectivity index is 2.41. The van der Waals surface area contributed by atoms with Crippen LogP contribution in [0.25, 0.3) is 0 Å². The molecule has 92 valence electrons. The zero-order valence-corrected chi connectivity index (χ0v) is 11.1. The van der Waals surface area contributed by atoms with E-state index in [0.29, 0.717) is 4.86 Å². The van der Waals surface area contributed by atoms with Crippen molar-refractivity contribution in [3.63, 3.8) is 0 Å². The minimum atomic E-state index is 0.267. The predicted octanol–water partition coefficient (Wildman–Crippen LogP) is 3.48. The molecule has 0 heterocycles. The van der Waals surface area contributed by atoms with Crippen LogP contribution in [-0.2, 0) is 0 Å². The van der Waals surface area contributed by atoms with Gasteiger partial charge in [-0.1, -0.05) is 12.2 Å². The Labute approximate surface area is 112 Å². The summed E-state index contributed by atoms with van der Waals surface area (Å²) in [6, 6.07) is 10.6. The van der Waals surface area contributed by atoms with Gasteiger partial charge >= 0.3 is 0 Å². The first-order valence-electron chi connectivity index (χ1n) is 5.63. The quantitative estimate of drug-likeness (QED) is 0.640. The van der Waals surface area contributed by atoms with Gasteiger partial charge in [0.25, 0.3) is 0 Å². The van der Waals surface area contributed by atoms with Gasteiger partial charge in [-0.3, -0.25) is 0 Å².